The Labute approximate surface area is 168 Å². The molecule has 1 heterocycles. The summed E-state index contributed by atoms with van der Waals surface area (Å²) in [6.45, 7) is 1.37. The summed E-state index contributed by atoms with van der Waals surface area (Å²) in [4.78, 5) is 36.3. The van der Waals surface area contributed by atoms with Gasteiger partial charge in [0, 0.05) is 0 Å². The van der Waals surface area contributed by atoms with E-state index in [9.17, 15) is 14.4 Å². The minimum absolute atomic E-state index is 0.0168. The Hall–Kier alpha value is -3.55. The van der Waals surface area contributed by atoms with E-state index in [-0.39, 0.29) is 6.61 Å². The summed E-state index contributed by atoms with van der Waals surface area (Å²) < 4.78 is 16.1. The number of fused-ring (bicyclic) bond motifs is 1. The number of amides is 2. The minimum atomic E-state index is -0.907. The number of ether oxygens (including phenoxy) is 3. The van der Waals surface area contributed by atoms with E-state index >= 15 is 0 Å². The van der Waals surface area contributed by atoms with Gasteiger partial charge < -0.3 is 14.2 Å². The van der Waals surface area contributed by atoms with Crippen molar-refractivity contribution in [2.75, 3.05) is 13.2 Å². The topological polar surface area (TPSA) is 103 Å². The molecule has 0 fully saturated rings. The lowest BCUT2D eigenvalue weighted by atomic mass is 9.97. The van der Waals surface area contributed by atoms with E-state index in [0.29, 0.717) is 17.9 Å². The quantitative estimate of drug-likeness (QED) is 0.567. The molecule has 2 aromatic carbocycles. The average molecular weight is 398 g/mol. The van der Waals surface area contributed by atoms with Gasteiger partial charge in [-0.3, -0.25) is 25.2 Å². The third-order valence-corrected chi connectivity index (χ3v) is 4.37. The standard InChI is InChI=1S/C21H22N2O6/c1-2-15(14-8-4-3-5-9-14)21(26)28-13-19(24)22-23-20(25)18-12-27-16-10-6-7-11-17(16)29-18/h3-11,15,18H,2,12-13H2,1H3,(H,22,24)(H,23,25)/t15-,18+/m0/s1. The molecule has 3 rings (SSSR count). The lowest BCUT2D eigenvalue weighted by Gasteiger charge is -2.25. The van der Waals surface area contributed by atoms with Gasteiger partial charge in [-0.15, -0.1) is 0 Å². The molecule has 0 bridgehead atoms. The molecule has 0 saturated heterocycles. The summed E-state index contributed by atoms with van der Waals surface area (Å²) in [5.41, 5.74) is 5.27. The third kappa shape index (κ3) is 5.25. The van der Waals surface area contributed by atoms with E-state index in [1.807, 2.05) is 37.3 Å². The second kappa shape index (κ2) is 9.59. The minimum Gasteiger partial charge on any atom is -0.485 e. The Balaban J connectivity index is 1.43. The monoisotopic (exact) mass is 398 g/mol. The van der Waals surface area contributed by atoms with Crippen LogP contribution in [0, 0.1) is 0 Å². The van der Waals surface area contributed by atoms with Crippen LogP contribution in [0.4, 0.5) is 0 Å². The van der Waals surface area contributed by atoms with Crippen LogP contribution in [0.2, 0.25) is 0 Å². The van der Waals surface area contributed by atoms with E-state index in [2.05, 4.69) is 10.9 Å². The number of hydrogen-bond acceptors (Lipinski definition) is 6. The number of hydrogen-bond donors (Lipinski definition) is 2. The van der Waals surface area contributed by atoms with Crippen LogP contribution >= 0.6 is 0 Å². The lowest BCUT2D eigenvalue weighted by Crippen LogP contribution is -2.51. The summed E-state index contributed by atoms with van der Waals surface area (Å²) in [6.07, 6.45) is -0.364. The van der Waals surface area contributed by atoms with Crippen LogP contribution in [0.3, 0.4) is 0 Å². The van der Waals surface area contributed by atoms with Crippen molar-refractivity contribution in [3.63, 3.8) is 0 Å². The van der Waals surface area contributed by atoms with Gasteiger partial charge in [0.15, 0.2) is 18.1 Å². The number of para-hydroxylation sites is 2. The molecule has 0 spiro atoms. The number of carbonyl (C=O) groups is 3. The molecule has 2 aromatic rings. The first-order valence-electron chi connectivity index (χ1n) is 9.27. The van der Waals surface area contributed by atoms with Crippen molar-refractivity contribution >= 4 is 17.8 Å². The van der Waals surface area contributed by atoms with Crippen molar-refractivity contribution in [1.82, 2.24) is 10.9 Å². The summed E-state index contributed by atoms with van der Waals surface area (Å²) >= 11 is 0. The van der Waals surface area contributed by atoms with Gasteiger partial charge in [0.25, 0.3) is 11.8 Å². The third-order valence-electron chi connectivity index (χ3n) is 4.37. The largest absolute Gasteiger partial charge is 0.485 e. The van der Waals surface area contributed by atoms with E-state index in [4.69, 9.17) is 14.2 Å². The van der Waals surface area contributed by atoms with Crippen LogP contribution in [-0.2, 0) is 19.1 Å². The first kappa shape index (κ1) is 20.2. The Kier molecular flexibility index (Phi) is 6.67. The molecule has 8 heteroatoms. The highest BCUT2D eigenvalue weighted by Gasteiger charge is 2.27. The number of carbonyl (C=O) groups excluding carboxylic acids is 3. The van der Waals surface area contributed by atoms with Crippen molar-refractivity contribution in [3.8, 4) is 11.5 Å². The SMILES string of the molecule is CC[C@H](C(=O)OCC(=O)NNC(=O)[C@H]1COc2ccccc2O1)c1ccccc1. The molecule has 1 aliphatic rings. The smallest absolute Gasteiger partial charge is 0.313 e. The number of nitrogens with one attached hydrogen (secondary N) is 2. The molecule has 0 unspecified atom stereocenters. The maximum Gasteiger partial charge on any atom is 0.313 e. The van der Waals surface area contributed by atoms with Gasteiger partial charge in [-0.1, -0.05) is 49.4 Å². The second-order valence-electron chi connectivity index (χ2n) is 6.38. The fourth-order valence-electron chi connectivity index (χ4n) is 2.86. The molecule has 2 amide bonds. The Morgan fingerprint density at radius 3 is 2.45 bits per heavy atom. The molecule has 0 saturated carbocycles. The van der Waals surface area contributed by atoms with Crippen LogP contribution in [0.15, 0.2) is 54.6 Å². The zero-order valence-corrected chi connectivity index (χ0v) is 15.9. The molecule has 8 nitrogen and oxygen atoms in total. The number of hydrazine groups is 1. The van der Waals surface area contributed by atoms with Crippen LogP contribution in [0.1, 0.15) is 24.8 Å². The van der Waals surface area contributed by atoms with Gasteiger partial charge in [0.2, 0.25) is 6.10 Å². The van der Waals surface area contributed by atoms with Crippen molar-refractivity contribution in [1.29, 1.82) is 0 Å². The van der Waals surface area contributed by atoms with Gasteiger partial charge in [0.1, 0.15) is 6.61 Å². The van der Waals surface area contributed by atoms with Gasteiger partial charge in [0.05, 0.1) is 5.92 Å². The highest BCUT2D eigenvalue weighted by Crippen LogP contribution is 2.30. The maximum absolute atomic E-state index is 12.3. The Morgan fingerprint density at radius 1 is 1.03 bits per heavy atom. The summed E-state index contributed by atoms with van der Waals surface area (Å²) in [7, 11) is 0. The first-order chi connectivity index (χ1) is 14.1. The van der Waals surface area contributed by atoms with Crippen molar-refractivity contribution in [3.05, 3.63) is 60.2 Å². The molecule has 29 heavy (non-hydrogen) atoms. The van der Waals surface area contributed by atoms with Crippen LogP contribution in [0.5, 0.6) is 11.5 Å². The van der Waals surface area contributed by atoms with E-state index in [1.54, 1.807) is 24.3 Å². The average Bonchev–Trinajstić information content (AvgIpc) is 2.77. The molecule has 152 valence electrons. The molecular weight excluding hydrogens is 376 g/mol. The van der Waals surface area contributed by atoms with Gasteiger partial charge in [-0.25, -0.2) is 0 Å². The zero-order valence-electron chi connectivity index (χ0n) is 15.9. The fraction of sp³-hybridized carbons (Fsp3) is 0.286. The van der Waals surface area contributed by atoms with Crippen molar-refractivity contribution < 1.29 is 28.6 Å². The number of rotatable bonds is 6. The number of esters is 1. The normalized spacial score (nSPS) is 15.7. The predicted molar refractivity (Wildman–Crippen MR) is 103 cm³/mol. The predicted octanol–water partition coefficient (Wildman–Crippen LogP) is 1.71. The van der Waals surface area contributed by atoms with E-state index in [1.165, 1.54) is 0 Å². The first-order valence-corrected chi connectivity index (χ1v) is 9.27. The molecule has 0 aliphatic carbocycles. The summed E-state index contributed by atoms with van der Waals surface area (Å²) in [5.74, 6) is -1.18. The highest BCUT2D eigenvalue weighted by atomic mass is 16.6. The highest BCUT2D eigenvalue weighted by molar-refractivity contribution is 5.87. The zero-order chi connectivity index (χ0) is 20.6. The van der Waals surface area contributed by atoms with Crippen molar-refractivity contribution in [2.45, 2.75) is 25.4 Å². The van der Waals surface area contributed by atoms with Crippen LogP contribution in [-0.4, -0.2) is 37.1 Å². The summed E-state index contributed by atoms with van der Waals surface area (Å²) in [6, 6.07) is 16.2. The van der Waals surface area contributed by atoms with Crippen LogP contribution < -0.4 is 20.3 Å². The Morgan fingerprint density at radius 2 is 1.72 bits per heavy atom. The molecular formula is C21H22N2O6. The van der Waals surface area contributed by atoms with Gasteiger partial charge in [-0.2, -0.15) is 0 Å². The molecule has 2 N–H and O–H groups in total. The summed E-state index contributed by atoms with van der Waals surface area (Å²) in [5, 5.41) is 0. The Bertz CT molecular complexity index is 870. The molecule has 0 aromatic heterocycles. The van der Waals surface area contributed by atoms with Gasteiger partial charge >= 0.3 is 5.97 Å². The second-order valence-corrected chi connectivity index (χ2v) is 6.38. The number of benzene rings is 2. The lowest BCUT2D eigenvalue weighted by molar-refractivity contribution is -0.150. The maximum atomic E-state index is 12.3. The van der Waals surface area contributed by atoms with Gasteiger partial charge in [-0.05, 0) is 24.1 Å². The molecule has 0 radical (unpaired) electrons. The molecule has 1 aliphatic heterocycles. The molecule has 2 atom stereocenters. The van der Waals surface area contributed by atoms with Crippen molar-refractivity contribution in [2.24, 2.45) is 0 Å². The van der Waals surface area contributed by atoms with E-state index in [0.717, 1.165) is 5.56 Å². The van der Waals surface area contributed by atoms with Crippen LogP contribution in [0.25, 0.3) is 0 Å². The van der Waals surface area contributed by atoms with E-state index < -0.39 is 36.4 Å². The fourth-order valence-corrected chi connectivity index (χ4v) is 2.86.